The molecular weight excluding hydrogens is 701 g/mol. The van der Waals surface area contributed by atoms with Crippen molar-refractivity contribution in [1.29, 1.82) is 0 Å². The molecule has 58 heavy (non-hydrogen) atoms. The maximum atomic E-state index is 2.42. The van der Waals surface area contributed by atoms with Crippen molar-refractivity contribution in [3.8, 4) is 39.1 Å². The van der Waals surface area contributed by atoms with Gasteiger partial charge in [-0.3, -0.25) is 0 Å². The van der Waals surface area contributed by atoms with Crippen molar-refractivity contribution in [3.63, 3.8) is 0 Å². The van der Waals surface area contributed by atoms with Gasteiger partial charge in [-0.05, 0) is 122 Å². The minimum atomic E-state index is 1.09. The molecule has 11 rings (SSSR count). The van der Waals surface area contributed by atoms with Crippen molar-refractivity contribution in [2.75, 3.05) is 4.90 Å². The van der Waals surface area contributed by atoms with E-state index < -0.39 is 0 Å². The summed E-state index contributed by atoms with van der Waals surface area (Å²) in [6.45, 7) is 0. The zero-order valence-corrected chi connectivity index (χ0v) is 31.8. The minimum Gasteiger partial charge on any atom is -0.310 e. The van der Waals surface area contributed by atoms with Gasteiger partial charge in [0.1, 0.15) is 0 Å². The highest BCUT2D eigenvalue weighted by molar-refractivity contribution is 6.13. The first-order valence-electron chi connectivity index (χ1n) is 19.9. The summed E-state index contributed by atoms with van der Waals surface area (Å²) in [7, 11) is 0. The normalized spacial score (nSPS) is 11.4. The average Bonchev–Trinajstić information content (AvgIpc) is 3.62. The number of nitrogens with zero attached hydrogens (tertiary/aromatic N) is 2. The van der Waals surface area contributed by atoms with Crippen LogP contribution in [0.1, 0.15) is 0 Å². The second-order valence-electron chi connectivity index (χ2n) is 15.0. The zero-order chi connectivity index (χ0) is 38.4. The third-order valence-corrected chi connectivity index (χ3v) is 11.5. The predicted molar refractivity (Wildman–Crippen MR) is 247 cm³/mol. The molecule has 10 aromatic carbocycles. The van der Waals surface area contributed by atoms with E-state index in [0.29, 0.717) is 0 Å². The lowest BCUT2D eigenvalue weighted by Gasteiger charge is -2.26. The molecule has 0 fully saturated rings. The Morgan fingerprint density at radius 1 is 0.276 bits per heavy atom. The maximum absolute atomic E-state index is 2.42. The molecule has 0 aliphatic rings. The highest BCUT2D eigenvalue weighted by Gasteiger charge is 2.17. The molecular formula is C56H38N2. The SMILES string of the molecule is c1ccc(-c2cccc(N(c3ccc(-c4cccc(-n5c6ccccc6c6cc7ccccc7cc65)c4)cc3)c3ccc(-c4cccc5ccccc45)cc3)c2)cc1. The van der Waals surface area contributed by atoms with Gasteiger partial charge in [0, 0.05) is 33.5 Å². The van der Waals surface area contributed by atoms with E-state index in [0.717, 1.165) is 22.7 Å². The van der Waals surface area contributed by atoms with Crippen molar-refractivity contribution < 1.29 is 0 Å². The summed E-state index contributed by atoms with van der Waals surface area (Å²) >= 11 is 0. The van der Waals surface area contributed by atoms with Gasteiger partial charge in [0.15, 0.2) is 0 Å². The van der Waals surface area contributed by atoms with Crippen LogP contribution in [0.15, 0.2) is 231 Å². The first-order chi connectivity index (χ1) is 28.7. The van der Waals surface area contributed by atoms with Crippen LogP contribution < -0.4 is 4.90 Å². The molecule has 1 aromatic heterocycles. The largest absolute Gasteiger partial charge is 0.310 e. The van der Waals surface area contributed by atoms with Crippen LogP contribution in [0.4, 0.5) is 17.1 Å². The summed E-state index contributed by atoms with van der Waals surface area (Å²) in [6, 6.07) is 83.7. The smallest absolute Gasteiger partial charge is 0.0547 e. The number of benzene rings is 10. The van der Waals surface area contributed by atoms with E-state index >= 15 is 0 Å². The fourth-order valence-corrected chi connectivity index (χ4v) is 8.73. The summed E-state index contributed by atoms with van der Waals surface area (Å²) < 4.78 is 2.42. The number of hydrogen-bond acceptors (Lipinski definition) is 1. The quantitative estimate of drug-likeness (QED) is 0.158. The summed E-state index contributed by atoms with van der Waals surface area (Å²) in [6.07, 6.45) is 0. The predicted octanol–water partition coefficient (Wildman–Crippen LogP) is 15.6. The van der Waals surface area contributed by atoms with Crippen molar-refractivity contribution in [2.24, 2.45) is 0 Å². The fourth-order valence-electron chi connectivity index (χ4n) is 8.73. The molecule has 0 spiro atoms. The van der Waals surface area contributed by atoms with Crippen molar-refractivity contribution in [3.05, 3.63) is 231 Å². The number of hydrogen-bond donors (Lipinski definition) is 0. The molecule has 1 heterocycles. The van der Waals surface area contributed by atoms with Gasteiger partial charge >= 0.3 is 0 Å². The summed E-state index contributed by atoms with van der Waals surface area (Å²) in [4.78, 5) is 2.36. The molecule has 0 aliphatic carbocycles. The van der Waals surface area contributed by atoms with Crippen LogP contribution in [0.25, 0.3) is 82.4 Å². The van der Waals surface area contributed by atoms with Crippen molar-refractivity contribution in [1.82, 2.24) is 4.57 Å². The number of fused-ring (bicyclic) bond motifs is 5. The van der Waals surface area contributed by atoms with Crippen molar-refractivity contribution >= 4 is 60.4 Å². The first kappa shape index (κ1) is 33.6. The average molecular weight is 739 g/mol. The fraction of sp³-hybridized carbons (Fsp3) is 0. The van der Waals surface area contributed by atoms with Crippen LogP contribution in [0.5, 0.6) is 0 Å². The Morgan fingerprint density at radius 3 is 1.60 bits per heavy atom. The molecule has 0 radical (unpaired) electrons. The standard InChI is InChI=1S/C56H38N2/c1-2-13-39(14-3-1)43-19-10-21-49(35-43)57(48-33-29-42(30-34-48)52-25-12-18-41-15-6-7-23-51(41)52)47-31-27-40(28-32-47)44-20-11-22-50(36-44)58-55-26-9-8-24-53(55)54-37-45-16-4-5-17-46(45)38-56(54)58/h1-38H. The van der Waals surface area contributed by atoms with Gasteiger partial charge in [0.05, 0.1) is 11.0 Å². The summed E-state index contributed by atoms with van der Waals surface area (Å²) in [5.74, 6) is 0. The van der Waals surface area contributed by atoms with Crippen LogP contribution in [-0.4, -0.2) is 4.57 Å². The van der Waals surface area contributed by atoms with Gasteiger partial charge in [0.2, 0.25) is 0 Å². The molecule has 0 amide bonds. The van der Waals surface area contributed by atoms with Gasteiger partial charge < -0.3 is 9.47 Å². The number of aromatic nitrogens is 1. The molecule has 272 valence electrons. The maximum Gasteiger partial charge on any atom is 0.0547 e. The molecule has 0 saturated heterocycles. The van der Waals surface area contributed by atoms with Gasteiger partial charge in [-0.25, -0.2) is 0 Å². The van der Waals surface area contributed by atoms with Gasteiger partial charge in [-0.15, -0.1) is 0 Å². The van der Waals surface area contributed by atoms with E-state index in [9.17, 15) is 0 Å². The van der Waals surface area contributed by atoms with Crippen molar-refractivity contribution in [2.45, 2.75) is 0 Å². The molecule has 0 atom stereocenters. The van der Waals surface area contributed by atoms with E-state index in [-0.39, 0.29) is 0 Å². The van der Waals surface area contributed by atoms with Gasteiger partial charge in [-0.2, -0.15) is 0 Å². The molecule has 2 heteroatoms. The third-order valence-electron chi connectivity index (χ3n) is 11.5. The Kier molecular flexibility index (Phi) is 8.19. The lowest BCUT2D eigenvalue weighted by Crippen LogP contribution is -2.10. The zero-order valence-electron chi connectivity index (χ0n) is 31.8. The Morgan fingerprint density at radius 2 is 0.828 bits per heavy atom. The van der Waals surface area contributed by atoms with Crippen LogP contribution in [0.2, 0.25) is 0 Å². The van der Waals surface area contributed by atoms with E-state index in [4.69, 9.17) is 0 Å². The lowest BCUT2D eigenvalue weighted by atomic mass is 9.98. The third kappa shape index (κ3) is 5.91. The number of anilines is 3. The highest BCUT2D eigenvalue weighted by atomic mass is 15.1. The Labute approximate surface area is 338 Å². The Bertz CT molecular complexity index is 3260. The second kappa shape index (κ2) is 14.1. The molecule has 0 bridgehead atoms. The van der Waals surface area contributed by atoms with Crippen LogP contribution in [-0.2, 0) is 0 Å². The highest BCUT2D eigenvalue weighted by Crippen LogP contribution is 2.40. The van der Waals surface area contributed by atoms with E-state index in [2.05, 4.69) is 240 Å². The summed E-state index contributed by atoms with van der Waals surface area (Å²) in [5, 5.41) is 7.54. The lowest BCUT2D eigenvalue weighted by molar-refractivity contribution is 1.18. The van der Waals surface area contributed by atoms with Gasteiger partial charge in [-0.1, -0.05) is 164 Å². The van der Waals surface area contributed by atoms with Crippen LogP contribution in [0, 0.1) is 0 Å². The van der Waals surface area contributed by atoms with E-state index in [1.165, 1.54) is 76.7 Å². The molecule has 0 unspecified atom stereocenters. The summed E-state index contributed by atoms with van der Waals surface area (Å²) in [5.41, 5.74) is 14.0. The Hall–Kier alpha value is -7.68. The number of rotatable bonds is 7. The molecule has 11 aromatic rings. The molecule has 0 saturated carbocycles. The van der Waals surface area contributed by atoms with E-state index in [1.807, 2.05) is 0 Å². The minimum absolute atomic E-state index is 1.09. The number of para-hydroxylation sites is 1. The first-order valence-corrected chi connectivity index (χ1v) is 19.9. The molecule has 0 N–H and O–H groups in total. The molecule has 2 nitrogen and oxygen atoms in total. The van der Waals surface area contributed by atoms with Gasteiger partial charge in [0.25, 0.3) is 0 Å². The van der Waals surface area contributed by atoms with Crippen LogP contribution >= 0.6 is 0 Å². The second-order valence-corrected chi connectivity index (χ2v) is 15.0. The topological polar surface area (TPSA) is 8.17 Å². The monoisotopic (exact) mass is 738 g/mol. The van der Waals surface area contributed by atoms with Crippen LogP contribution in [0.3, 0.4) is 0 Å². The Balaban J connectivity index is 0.993. The van der Waals surface area contributed by atoms with E-state index in [1.54, 1.807) is 0 Å². The molecule has 0 aliphatic heterocycles.